The van der Waals surface area contributed by atoms with E-state index in [0.717, 1.165) is 43.4 Å². The van der Waals surface area contributed by atoms with Crippen molar-refractivity contribution in [3.63, 3.8) is 0 Å². The molecule has 0 spiro atoms. The topological polar surface area (TPSA) is 83.8 Å². The molecule has 2 aromatic rings. The number of aromatic amines is 1. The maximum Gasteiger partial charge on any atom is 0.240 e. The summed E-state index contributed by atoms with van der Waals surface area (Å²) in [6.07, 6.45) is 5.25. The maximum atomic E-state index is 13.1. The van der Waals surface area contributed by atoms with Gasteiger partial charge in [-0.15, -0.1) is 24.8 Å². The molecular formula is C16H23Cl2FN4O. The first-order valence-electron chi connectivity index (χ1n) is 7.78. The lowest BCUT2D eigenvalue weighted by molar-refractivity contribution is -0.127. The molecule has 134 valence electrons. The molecule has 1 aliphatic carbocycles. The van der Waals surface area contributed by atoms with Crippen LogP contribution in [0, 0.1) is 5.82 Å². The number of H-pyrrole nitrogens is 1. The minimum Gasteiger partial charge on any atom is -0.354 e. The molecule has 1 heterocycles. The average molecular weight is 377 g/mol. The standard InChI is InChI=1S/C16H21FN4O.2ClH/c17-11-4-5-12-13(10-11)21-14(20-12)6-9-19-15(22)16(18)7-2-1-3-8-16;;/h4-5,10H,1-3,6-9,18H2,(H,19,22)(H,20,21);2*1H. The summed E-state index contributed by atoms with van der Waals surface area (Å²) in [5.74, 6) is 0.364. The quantitative estimate of drug-likeness (QED) is 0.766. The molecule has 1 saturated carbocycles. The van der Waals surface area contributed by atoms with E-state index < -0.39 is 5.54 Å². The third-order valence-electron chi connectivity index (χ3n) is 4.34. The van der Waals surface area contributed by atoms with Crippen LogP contribution >= 0.6 is 24.8 Å². The Bertz CT molecular complexity index is 686. The van der Waals surface area contributed by atoms with Gasteiger partial charge < -0.3 is 16.0 Å². The molecule has 3 rings (SSSR count). The molecule has 0 aliphatic heterocycles. The van der Waals surface area contributed by atoms with E-state index in [1.54, 1.807) is 6.07 Å². The molecule has 8 heteroatoms. The molecule has 1 aromatic heterocycles. The van der Waals surface area contributed by atoms with Crippen molar-refractivity contribution in [2.75, 3.05) is 6.54 Å². The van der Waals surface area contributed by atoms with Crippen molar-refractivity contribution in [1.82, 2.24) is 15.3 Å². The van der Waals surface area contributed by atoms with Crippen molar-refractivity contribution >= 4 is 41.8 Å². The highest BCUT2D eigenvalue weighted by atomic mass is 35.5. The highest BCUT2D eigenvalue weighted by Gasteiger charge is 2.34. The number of nitrogens with two attached hydrogens (primary N) is 1. The highest BCUT2D eigenvalue weighted by Crippen LogP contribution is 2.25. The van der Waals surface area contributed by atoms with E-state index in [9.17, 15) is 9.18 Å². The van der Waals surface area contributed by atoms with Crippen LogP contribution in [0.25, 0.3) is 11.0 Å². The van der Waals surface area contributed by atoms with Gasteiger partial charge in [0.2, 0.25) is 5.91 Å². The van der Waals surface area contributed by atoms with Gasteiger partial charge in [-0.3, -0.25) is 4.79 Å². The van der Waals surface area contributed by atoms with E-state index in [0.29, 0.717) is 18.5 Å². The number of amides is 1. The van der Waals surface area contributed by atoms with Crippen LogP contribution in [-0.2, 0) is 11.2 Å². The van der Waals surface area contributed by atoms with Crippen LogP contribution in [0.2, 0.25) is 0 Å². The lowest BCUT2D eigenvalue weighted by Crippen LogP contribution is -2.55. The van der Waals surface area contributed by atoms with E-state index in [4.69, 9.17) is 5.73 Å². The number of nitrogens with zero attached hydrogens (tertiary/aromatic N) is 1. The van der Waals surface area contributed by atoms with Crippen LogP contribution in [0.5, 0.6) is 0 Å². The third kappa shape index (κ3) is 4.59. The summed E-state index contributed by atoms with van der Waals surface area (Å²) >= 11 is 0. The first-order chi connectivity index (χ1) is 10.6. The molecule has 24 heavy (non-hydrogen) atoms. The normalized spacial score (nSPS) is 16.1. The Labute approximate surface area is 152 Å². The summed E-state index contributed by atoms with van der Waals surface area (Å²) in [7, 11) is 0. The summed E-state index contributed by atoms with van der Waals surface area (Å²) in [6, 6.07) is 4.44. The number of fused-ring (bicyclic) bond motifs is 1. The molecular weight excluding hydrogens is 354 g/mol. The largest absolute Gasteiger partial charge is 0.354 e. The number of benzene rings is 1. The Morgan fingerprint density at radius 1 is 1.29 bits per heavy atom. The van der Waals surface area contributed by atoms with Gasteiger partial charge in [-0.25, -0.2) is 9.37 Å². The van der Waals surface area contributed by atoms with Crippen molar-refractivity contribution in [1.29, 1.82) is 0 Å². The van der Waals surface area contributed by atoms with Gasteiger partial charge in [-0.2, -0.15) is 0 Å². The molecule has 0 radical (unpaired) electrons. The number of carbonyl (C=O) groups excluding carboxylic acids is 1. The minimum atomic E-state index is -0.713. The van der Waals surface area contributed by atoms with Gasteiger partial charge in [0.1, 0.15) is 11.6 Å². The van der Waals surface area contributed by atoms with Crippen molar-refractivity contribution in [2.45, 2.75) is 44.1 Å². The van der Waals surface area contributed by atoms with Crippen LogP contribution in [0.15, 0.2) is 18.2 Å². The number of rotatable bonds is 4. The highest BCUT2D eigenvalue weighted by molar-refractivity contribution is 5.86. The number of carbonyl (C=O) groups is 1. The average Bonchev–Trinajstić information content (AvgIpc) is 2.89. The predicted molar refractivity (Wildman–Crippen MR) is 97.3 cm³/mol. The fourth-order valence-electron chi connectivity index (χ4n) is 3.03. The second-order valence-electron chi connectivity index (χ2n) is 6.07. The molecule has 1 fully saturated rings. The molecule has 1 aliphatic rings. The van der Waals surface area contributed by atoms with E-state index in [2.05, 4.69) is 15.3 Å². The zero-order valence-corrected chi connectivity index (χ0v) is 14.9. The summed E-state index contributed by atoms with van der Waals surface area (Å²) in [5, 5.41) is 2.90. The van der Waals surface area contributed by atoms with Crippen molar-refractivity contribution in [2.24, 2.45) is 5.73 Å². The second kappa shape index (κ2) is 8.65. The first kappa shape index (κ1) is 20.7. The SMILES string of the molecule is Cl.Cl.NC1(C(=O)NCCc2nc3ccc(F)cc3[nH]2)CCCCC1. The smallest absolute Gasteiger partial charge is 0.240 e. The molecule has 1 amide bonds. The third-order valence-corrected chi connectivity index (χ3v) is 4.34. The van der Waals surface area contributed by atoms with Crippen molar-refractivity contribution < 1.29 is 9.18 Å². The molecule has 5 nitrogen and oxygen atoms in total. The number of halogens is 3. The Morgan fingerprint density at radius 2 is 2.00 bits per heavy atom. The summed E-state index contributed by atoms with van der Waals surface area (Å²) in [4.78, 5) is 19.7. The molecule has 0 unspecified atom stereocenters. The number of nitrogens with one attached hydrogen (secondary N) is 2. The molecule has 4 N–H and O–H groups in total. The van der Waals surface area contributed by atoms with Crippen LogP contribution < -0.4 is 11.1 Å². The van der Waals surface area contributed by atoms with Crippen LogP contribution in [0.3, 0.4) is 0 Å². The molecule has 1 aromatic carbocycles. The first-order valence-corrected chi connectivity index (χ1v) is 7.78. The van der Waals surface area contributed by atoms with Gasteiger partial charge in [0.25, 0.3) is 0 Å². The fraction of sp³-hybridized carbons (Fsp3) is 0.500. The van der Waals surface area contributed by atoms with Crippen LogP contribution in [0.4, 0.5) is 4.39 Å². The lowest BCUT2D eigenvalue weighted by atomic mass is 9.82. The minimum absolute atomic E-state index is 0. The van der Waals surface area contributed by atoms with Crippen LogP contribution in [0.1, 0.15) is 37.9 Å². The Balaban J connectivity index is 0.00000144. The van der Waals surface area contributed by atoms with Gasteiger partial charge in [0.15, 0.2) is 0 Å². The zero-order chi connectivity index (χ0) is 15.6. The second-order valence-corrected chi connectivity index (χ2v) is 6.07. The summed E-state index contributed by atoms with van der Waals surface area (Å²) in [6.45, 7) is 0.472. The Morgan fingerprint density at radius 3 is 2.71 bits per heavy atom. The number of aromatic nitrogens is 2. The number of hydrogen-bond acceptors (Lipinski definition) is 3. The zero-order valence-electron chi connectivity index (χ0n) is 13.3. The Kier molecular flexibility index (Phi) is 7.45. The predicted octanol–water partition coefficient (Wildman–Crippen LogP) is 2.87. The van der Waals surface area contributed by atoms with Gasteiger partial charge in [0.05, 0.1) is 16.6 Å². The van der Waals surface area contributed by atoms with E-state index in [1.165, 1.54) is 12.1 Å². The monoisotopic (exact) mass is 376 g/mol. The van der Waals surface area contributed by atoms with E-state index in [1.807, 2.05) is 0 Å². The van der Waals surface area contributed by atoms with Crippen LogP contribution in [-0.4, -0.2) is 28.0 Å². The summed E-state index contributed by atoms with van der Waals surface area (Å²) in [5.41, 5.74) is 6.87. The van der Waals surface area contributed by atoms with Gasteiger partial charge in [0, 0.05) is 13.0 Å². The molecule has 0 atom stereocenters. The van der Waals surface area contributed by atoms with E-state index in [-0.39, 0.29) is 36.5 Å². The van der Waals surface area contributed by atoms with Crippen molar-refractivity contribution in [3.8, 4) is 0 Å². The van der Waals surface area contributed by atoms with Gasteiger partial charge in [-0.1, -0.05) is 19.3 Å². The summed E-state index contributed by atoms with van der Waals surface area (Å²) < 4.78 is 13.1. The number of imidazole rings is 1. The lowest BCUT2D eigenvalue weighted by Gasteiger charge is -2.31. The maximum absolute atomic E-state index is 13.1. The fourth-order valence-corrected chi connectivity index (χ4v) is 3.03. The molecule has 0 bridgehead atoms. The van der Waals surface area contributed by atoms with E-state index >= 15 is 0 Å². The number of hydrogen-bond donors (Lipinski definition) is 3. The van der Waals surface area contributed by atoms with Gasteiger partial charge in [-0.05, 0) is 31.0 Å². The Hall–Kier alpha value is -1.37. The molecule has 0 saturated heterocycles. The van der Waals surface area contributed by atoms with Crippen molar-refractivity contribution in [3.05, 3.63) is 29.8 Å². The van der Waals surface area contributed by atoms with Gasteiger partial charge >= 0.3 is 0 Å².